The van der Waals surface area contributed by atoms with Gasteiger partial charge in [0.25, 0.3) is 5.69 Å². The quantitative estimate of drug-likeness (QED) is 0.659. The Labute approximate surface area is 118 Å². The molecule has 7 heteroatoms. The SMILES string of the molecule is O=C(O)c1cccc(C(=O)O)c1-c1ccc([N+](=O)[O-])cc1. The summed E-state index contributed by atoms with van der Waals surface area (Å²) in [5, 5.41) is 29.0. The summed E-state index contributed by atoms with van der Waals surface area (Å²) in [5.74, 6) is -2.54. The third kappa shape index (κ3) is 2.71. The number of carboxylic acid groups (broad SMARTS) is 2. The van der Waals surface area contributed by atoms with Gasteiger partial charge in [0.15, 0.2) is 0 Å². The van der Waals surface area contributed by atoms with Crippen LogP contribution in [0.1, 0.15) is 20.7 Å². The van der Waals surface area contributed by atoms with E-state index in [1.165, 1.54) is 42.5 Å². The van der Waals surface area contributed by atoms with Gasteiger partial charge in [-0.3, -0.25) is 10.1 Å². The number of carbonyl (C=O) groups is 2. The second-order valence-electron chi connectivity index (χ2n) is 4.14. The molecule has 0 aromatic heterocycles. The number of non-ortho nitro benzene ring substituents is 1. The number of hydrogen-bond donors (Lipinski definition) is 2. The summed E-state index contributed by atoms with van der Waals surface area (Å²) >= 11 is 0. The molecule has 2 aromatic carbocycles. The van der Waals surface area contributed by atoms with Crippen LogP contribution >= 0.6 is 0 Å². The fourth-order valence-corrected chi connectivity index (χ4v) is 1.97. The first-order valence-electron chi connectivity index (χ1n) is 5.76. The highest BCUT2D eigenvalue weighted by atomic mass is 16.6. The number of aromatic carboxylic acids is 2. The fourth-order valence-electron chi connectivity index (χ4n) is 1.97. The van der Waals surface area contributed by atoms with Crippen molar-refractivity contribution in [2.45, 2.75) is 0 Å². The lowest BCUT2D eigenvalue weighted by molar-refractivity contribution is -0.384. The third-order valence-electron chi connectivity index (χ3n) is 2.89. The topological polar surface area (TPSA) is 118 Å². The summed E-state index contributed by atoms with van der Waals surface area (Å²) in [5.41, 5.74) is -0.209. The third-order valence-corrected chi connectivity index (χ3v) is 2.89. The van der Waals surface area contributed by atoms with Gasteiger partial charge in [0.05, 0.1) is 16.1 Å². The van der Waals surface area contributed by atoms with E-state index < -0.39 is 16.9 Å². The lowest BCUT2D eigenvalue weighted by atomic mass is 9.94. The molecule has 0 atom stereocenters. The first-order chi connectivity index (χ1) is 9.91. The predicted molar refractivity (Wildman–Crippen MR) is 72.5 cm³/mol. The molecule has 2 aromatic rings. The van der Waals surface area contributed by atoms with Crippen LogP contribution in [0.25, 0.3) is 11.1 Å². The molecule has 0 unspecified atom stereocenters. The maximum atomic E-state index is 11.2. The summed E-state index contributed by atoms with van der Waals surface area (Å²) in [7, 11) is 0. The molecule has 0 saturated carbocycles. The normalized spacial score (nSPS) is 10.1. The summed E-state index contributed by atoms with van der Waals surface area (Å²) in [6.45, 7) is 0. The van der Waals surface area contributed by atoms with Crippen molar-refractivity contribution in [1.82, 2.24) is 0 Å². The van der Waals surface area contributed by atoms with Gasteiger partial charge < -0.3 is 10.2 Å². The van der Waals surface area contributed by atoms with Crippen LogP contribution in [0.15, 0.2) is 42.5 Å². The molecule has 0 bridgehead atoms. The Balaban J connectivity index is 2.68. The van der Waals surface area contributed by atoms with Crippen molar-refractivity contribution in [1.29, 1.82) is 0 Å². The molecule has 0 heterocycles. The fraction of sp³-hybridized carbons (Fsp3) is 0. The average molecular weight is 287 g/mol. The molecule has 0 aliphatic carbocycles. The van der Waals surface area contributed by atoms with Crippen molar-refractivity contribution >= 4 is 17.6 Å². The van der Waals surface area contributed by atoms with Crippen LogP contribution in [-0.2, 0) is 0 Å². The Morgan fingerprint density at radius 2 is 1.38 bits per heavy atom. The first-order valence-corrected chi connectivity index (χ1v) is 5.76. The van der Waals surface area contributed by atoms with Crippen molar-refractivity contribution in [3.8, 4) is 11.1 Å². The standard InChI is InChI=1S/C14H9NO6/c16-13(17)10-2-1-3-11(14(18)19)12(10)8-4-6-9(7-5-8)15(20)21/h1-7H,(H,16,17)(H,18,19). The molecule has 2 rings (SSSR count). The van der Waals surface area contributed by atoms with E-state index in [1.54, 1.807) is 0 Å². The van der Waals surface area contributed by atoms with Gasteiger partial charge in [-0.2, -0.15) is 0 Å². The number of hydrogen-bond acceptors (Lipinski definition) is 4. The minimum Gasteiger partial charge on any atom is -0.478 e. The minimum absolute atomic E-state index is 0.0207. The van der Waals surface area contributed by atoms with Crippen molar-refractivity contribution in [3.05, 3.63) is 63.7 Å². The monoisotopic (exact) mass is 287 g/mol. The van der Waals surface area contributed by atoms with Crippen LogP contribution in [-0.4, -0.2) is 27.1 Å². The van der Waals surface area contributed by atoms with Crippen LogP contribution in [0.2, 0.25) is 0 Å². The highest BCUT2D eigenvalue weighted by Gasteiger charge is 2.20. The summed E-state index contributed by atoms with van der Waals surface area (Å²) in [6, 6.07) is 8.94. The number of carboxylic acids is 2. The molecule has 0 aliphatic rings. The van der Waals surface area contributed by atoms with Crippen LogP contribution < -0.4 is 0 Å². The van der Waals surface area contributed by atoms with E-state index in [1.807, 2.05) is 0 Å². The molecule has 0 saturated heterocycles. The summed E-state index contributed by atoms with van der Waals surface area (Å²) < 4.78 is 0. The number of nitro groups is 1. The number of rotatable bonds is 4. The molecule has 0 spiro atoms. The van der Waals surface area contributed by atoms with Gasteiger partial charge in [-0.05, 0) is 29.8 Å². The molecule has 0 fully saturated rings. The van der Waals surface area contributed by atoms with Gasteiger partial charge in [0.1, 0.15) is 0 Å². The second kappa shape index (κ2) is 5.41. The maximum absolute atomic E-state index is 11.2. The Hall–Kier alpha value is -3.22. The Morgan fingerprint density at radius 1 is 0.905 bits per heavy atom. The zero-order chi connectivity index (χ0) is 15.6. The van der Waals surface area contributed by atoms with Gasteiger partial charge in [-0.15, -0.1) is 0 Å². The Kier molecular flexibility index (Phi) is 3.66. The second-order valence-corrected chi connectivity index (χ2v) is 4.14. The van der Waals surface area contributed by atoms with Gasteiger partial charge >= 0.3 is 11.9 Å². The highest BCUT2D eigenvalue weighted by Crippen LogP contribution is 2.29. The van der Waals surface area contributed by atoms with Crippen molar-refractivity contribution in [2.75, 3.05) is 0 Å². The molecule has 2 N–H and O–H groups in total. The maximum Gasteiger partial charge on any atom is 0.336 e. The minimum atomic E-state index is -1.27. The molecule has 7 nitrogen and oxygen atoms in total. The number of nitrogens with zero attached hydrogens (tertiary/aromatic N) is 1. The highest BCUT2D eigenvalue weighted by molar-refractivity contribution is 6.04. The predicted octanol–water partition coefficient (Wildman–Crippen LogP) is 2.66. The largest absolute Gasteiger partial charge is 0.478 e. The number of benzene rings is 2. The molecular formula is C14H9NO6. The van der Waals surface area contributed by atoms with E-state index in [0.29, 0.717) is 0 Å². The lowest BCUT2D eigenvalue weighted by Crippen LogP contribution is -2.06. The summed E-state index contributed by atoms with van der Waals surface area (Å²) in [4.78, 5) is 32.5. The van der Waals surface area contributed by atoms with E-state index in [0.717, 1.165) is 0 Å². The Bertz CT molecular complexity index is 703. The van der Waals surface area contributed by atoms with Crippen LogP contribution in [0, 0.1) is 10.1 Å². The van der Waals surface area contributed by atoms with Gasteiger partial charge in [-0.25, -0.2) is 9.59 Å². The van der Waals surface area contributed by atoms with Crippen molar-refractivity contribution in [2.24, 2.45) is 0 Å². The molecule has 0 radical (unpaired) electrons. The van der Waals surface area contributed by atoms with E-state index in [2.05, 4.69) is 0 Å². The zero-order valence-electron chi connectivity index (χ0n) is 10.5. The first kappa shape index (κ1) is 14.2. The summed E-state index contributed by atoms with van der Waals surface area (Å²) in [6.07, 6.45) is 0. The molecule has 21 heavy (non-hydrogen) atoms. The molecular weight excluding hydrogens is 278 g/mol. The van der Waals surface area contributed by atoms with Crippen LogP contribution in [0.5, 0.6) is 0 Å². The van der Waals surface area contributed by atoms with E-state index in [9.17, 15) is 29.9 Å². The molecule has 0 aliphatic heterocycles. The van der Waals surface area contributed by atoms with E-state index >= 15 is 0 Å². The van der Waals surface area contributed by atoms with Gasteiger partial charge in [0, 0.05) is 17.7 Å². The smallest absolute Gasteiger partial charge is 0.336 e. The zero-order valence-corrected chi connectivity index (χ0v) is 10.5. The average Bonchev–Trinajstić information content (AvgIpc) is 2.46. The van der Waals surface area contributed by atoms with Gasteiger partial charge in [-0.1, -0.05) is 6.07 Å². The van der Waals surface area contributed by atoms with E-state index in [4.69, 9.17) is 0 Å². The van der Waals surface area contributed by atoms with Crippen LogP contribution in [0.4, 0.5) is 5.69 Å². The van der Waals surface area contributed by atoms with Gasteiger partial charge in [0.2, 0.25) is 0 Å². The molecule has 106 valence electrons. The Morgan fingerprint density at radius 3 is 1.76 bits per heavy atom. The molecule has 0 amide bonds. The van der Waals surface area contributed by atoms with Crippen molar-refractivity contribution in [3.63, 3.8) is 0 Å². The number of nitro benzene ring substituents is 1. The lowest BCUT2D eigenvalue weighted by Gasteiger charge is -2.10. The van der Waals surface area contributed by atoms with Crippen LogP contribution in [0.3, 0.4) is 0 Å². The van der Waals surface area contributed by atoms with Crippen molar-refractivity contribution < 1.29 is 24.7 Å². The van der Waals surface area contributed by atoms with E-state index in [-0.39, 0.29) is 27.9 Å².